The fourth-order valence-electron chi connectivity index (χ4n) is 7.00. The van der Waals surface area contributed by atoms with E-state index in [-0.39, 0.29) is 12.2 Å². The molecule has 0 saturated carbocycles. The highest BCUT2D eigenvalue weighted by molar-refractivity contribution is 5.31. The van der Waals surface area contributed by atoms with Crippen molar-refractivity contribution in [2.24, 2.45) is 5.73 Å². The van der Waals surface area contributed by atoms with Crippen molar-refractivity contribution in [2.75, 3.05) is 5.32 Å². The number of nitrogens with one attached hydrogen (secondary N) is 1. The molecule has 0 aliphatic carbocycles. The number of nitrogens with zero attached hydrogens (tertiary/aromatic N) is 3. The van der Waals surface area contributed by atoms with Gasteiger partial charge in [0.15, 0.2) is 0 Å². The van der Waals surface area contributed by atoms with E-state index < -0.39 is 0 Å². The lowest BCUT2D eigenvalue weighted by molar-refractivity contribution is 0.139. The van der Waals surface area contributed by atoms with Gasteiger partial charge in [-0.15, -0.1) is 4.98 Å². The van der Waals surface area contributed by atoms with Crippen molar-refractivity contribution in [3.63, 3.8) is 0 Å². The number of anilines is 1. The van der Waals surface area contributed by atoms with Crippen LogP contribution < -0.4 is 20.5 Å². The Morgan fingerprint density at radius 2 is 0.865 bits per heavy atom. The van der Waals surface area contributed by atoms with Gasteiger partial charge in [-0.2, -0.15) is 9.97 Å². The highest BCUT2D eigenvalue weighted by atomic mass is 16.5. The lowest BCUT2D eigenvalue weighted by Gasteiger charge is -2.21. The van der Waals surface area contributed by atoms with E-state index in [1.165, 1.54) is 154 Å². The van der Waals surface area contributed by atoms with Crippen LogP contribution in [0.4, 0.5) is 5.95 Å². The van der Waals surface area contributed by atoms with Crippen molar-refractivity contribution in [2.45, 2.75) is 233 Å². The first-order valence-electron chi connectivity index (χ1n) is 22.2. The smallest absolute Gasteiger partial charge is 0.324 e. The van der Waals surface area contributed by atoms with Gasteiger partial charge in [0.25, 0.3) is 0 Å². The topological polar surface area (TPSA) is 95.2 Å². The SMILES string of the molecule is CCCCCCCCC(CCCCCCCC)Oc1nc(NCc2cccc(CN)c2)nc(OC(CCCCCCCC)CCCCCCCC)n1. The molecule has 0 atom stereocenters. The van der Waals surface area contributed by atoms with Crippen molar-refractivity contribution in [3.8, 4) is 12.0 Å². The molecule has 298 valence electrons. The second-order valence-electron chi connectivity index (χ2n) is 15.3. The van der Waals surface area contributed by atoms with Crippen LogP contribution in [0.5, 0.6) is 12.0 Å². The van der Waals surface area contributed by atoms with E-state index in [1.807, 2.05) is 0 Å². The third kappa shape index (κ3) is 23.3. The fraction of sp³-hybridized carbons (Fsp3) is 0.800. The maximum atomic E-state index is 6.69. The summed E-state index contributed by atoms with van der Waals surface area (Å²) in [5, 5.41) is 3.46. The van der Waals surface area contributed by atoms with Gasteiger partial charge >= 0.3 is 12.0 Å². The van der Waals surface area contributed by atoms with Crippen LogP contribution in [0, 0.1) is 0 Å². The van der Waals surface area contributed by atoms with Gasteiger partial charge in [-0.25, -0.2) is 0 Å². The Hall–Kier alpha value is -2.41. The van der Waals surface area contributed by atoms with Crippen LogP contribution in [0.3, 0.4) is 0 Å². The van der Waals surface area contributed by atoms with Gasteiger partial charge in [-0.3, -0.25) is 0 Å². The second kappa shape index (κ2) is 32.1. The highest BCUT2D eigenvalue weighted by Gasteiger charge is 2.19. The standard InChI is InChI=1S/C45H81N5O2/c1-5-9-13-17-21-25-32-41(33-26-22-18-14-10-6-2)51-44-48-43(47-38-40-31-29-30-39(36-40)37-46)49-45(50-44)52-42(34-27-23-19-15-11-7-3)35-28-24-20-16-12-8-4/h29-31,36,41-42H,5-28,32-35,37-38,46H2,1-4H3,(H,47,48,49,50). The van der Waals surface area contributed by atoms with E-state index in [0.717, 1.165) is 36.8 Å². The number of unbranched alkanes of at least 4 members (excludes halogenated alkanes) is 20. The van der Waals surface area contributed by atoms with Crippen molar-refractivity contribution < 1.29 is 9.47 Å². The molecule has 0 amide bonds. The second-order valence-corrected chi connectivity index (χ2v) is 15.3. The van der Waals surface area contributed by atoms with Crippen molar-refractivity contribution >= 4 is 5.95 Å². The van der Waals surface area contributed by atoms with Gasteiger partial charge in [-0.1, -0.05) is 180 Å². The molecule has 0 spiro atoms. The summed E-state index contributed by atoms with van der Waals surface area (Å²) in [6.45, 7) is 10.2. The lowest BCUT2D eigenvalue weighted by Crippen LogP contribution is -2.21. The Morgan fingerprint density at radius 3 is 1.25 bits per heavy atom. The fourth-order valence-corrected chi connectivity index (χ4v) is 7.00. The highest BCUT2D eigenvalue weighted by Crippen LogP contribution is 2.24. The summed E-state index contributed by atoms with van der Waals surface area (Å²) in [7, 11) is 0. The van der Waals surface area contributed by atoms with Gasteiger partial charge in [-0.05, 0) is 62.5 Å². The van der Waals surface area contributed by atoms with Crippen LogP contribution in [0.2, 0.25) is 0 Å². The molecule has 1 aromatic heterocycles. The first-order valence-corrected chi connectivity index (χ1v) is 22.2. The maximum Gasteiger partial charge on any atom is 0.324 e. The van der Waals surface area contributed by atoms with Crippen molar-refractivity contribution in [1.29, 1.82) is 0 Å². The third-order valence-electron chi connectivity index (χ3n) is 10.3. The summed E-state index contributed by atoms with van der Waals surface area (Å²) in [6.07, 6.45) is 35.1. The molecule has 0 aliphatic heterocycles. The maximum absolute atomic E-state index is 6.69. The molecular formula is C45H81N5O2. The molecule has 52 heavy (non-hydrogen) atoms. The Kier molecular flexibility index (Phi) is 28.2. The van der Waals surface area contributed by atoms with Gasteiger partial charge < -0.3 is 20.5 Å². The normalized spacial score (nSPS) is 11.5. The zero-order valence-corrected chi connectivity index (χ0v) is 34.4. The molecule has 3 N–H and O–H groups in total. The quantitative estimate of drug-likeness (QED) is 0.0676. The van der Waals surface area contributed by atoms with Gasteiger partial charge in [0.1, 0.15) is 12.2 Å². The largest absolute Gasteiger partial charge is 0.460 e. The molecule has 0 saturated heterocycles. The molecular weight excluding hydrogens is 643 g/mol. The summed E-state index contributed by atoms with van der Waals surface area (Å²) in [5.41, 5.74) is 8.18. The molecule has 0 fully saturated rings. The Balaban J connectivity index is 2.23. The minimum atomic E-state index is 0.101. The zero-order chi connectivity index (χ0) is 37.3. The average Bonchev–Trinajstić information content (AvgIpc) is 3.16. The van der Waals surface area contributed by atoms with Crippen LogP contribution in [0.15, 0.2) is 24.3 Å². The predicted octanol–water partition coefficient (Wildman–Crippen LogP) is 13.4. The summed E-state index contributed by atoms with van der Waals surface area (Å²) >= 11 is 0. The van der Waals surface area contributed by atoms with Crippen LogP contribution in [-0.4, -0.2) is 27.2 Å². The minimum absolute atomic E-state index is 0.101. The molecule has 0 unspecified atom stereocenters. The van der Waals surface area contributed by atoms with Crippen LogP contribution >= 0.6 is 0 Å². The van der Waals surface area contributed by atoms with Crippen LogP contribution in [0.25, 0.3) is 0 Å². The van der Waals surface area contributed by atoms with Gasteiger partial charge in [0.2, 0.25) is 5.95 Å². The molecule has 7 nitrogen and oxygen atoms in total. The molecule has 7 heteroatoms. The van der Waals surface area contributed by atoms with Gasteiger partial charge in [0, 0.05) is 13.1 Å². The number of aromatic nitrogens is 3. The summed E-state index contributed by atoms with van der Waals surface area (Å²) < 4.78 is 13.4. The molecule has 2 aromatic rings. The third-order valence-corrected chi connectivity index (χ3v) is 10.3. The van der Waals surface area contributed by atoms with Crippen LogP contribution in [-0.2, 0) is 13.1 Å². The predicted molar refractivity (Wildman–Crippen MR) is 222 cm³/mol. The summed E-state index contributed by atoms with van der Waals surface area (Å²) in [5.74, 6) is 0.508. The number of hydrogen-bond acceptors (Lipinski definition) is 7. The summed E-state index contributed by atoms with van der Waals surface area (Å²) in [6, 6.07) is 9.14. The molecule has 0 bridgehead atoms. The average molecular weight is 724 g/mol. The number of rotatable bonds is 36. The number of ether oxygens (including phenoxy) is 2. The Bertz CT molecular complexity index is 1010. The molecule has 0 radical (unpaired) electrons. The van der Waals surface area contributed by atoms with E-state index >= 15 is 0 Å². The van der Waals surface area contributed by atoms with Crippen molar-refractivity contribution in [3.05, 3.63) is 35.4 Å². The summed E-state index contributed by atoms with van der Waals surface area (Å²) in [4.78, 5) is 14.5. The number of hydrogen-bond donors (Lipinski definition) is 2. The minimum Gasteiger partial charge on any atom is -0.460 e. The molecule has 1 heterocycles. The molecule has 2 rings (SSSR count). The van der Waals surface area contributed by atoms with Gasteiger partial charge in [0.05, 0.1) is 0 Å². The monoisotopic (exact) mass is 724 g/mol. The van der Waals surface area contributed by atoms with E-state index in [4.69, 9.17) is 30.2 Å². The zero-order valence-electron chi connectivity index (χ0n) is 34.4. The van der Waals surface area contributed by atoms with Crippen LogP contribution in [0.1, 0.15) is 219 Å². The first-order chi connectivity index (χ1) is 25.6. The number of nitrogens with two attached hydrogens (primary N) is 1. The first kappa shape index (κ1) is 45.7. The van der Waals surface area contributed by atoms with E-state index in [1.54, 1.807) is 0 Å². The Morgan fingerprint density at radius 1 is 0.500 bits per heavy atom. The van der Waals surface area contributed by atoms with E-state index in [0.29, 0.717) is 31.1 Å². The lowest BCUT2D eigenvalue weighted by atomic mass is 10.0. The molecule has 1 aromatic carbocycles. The van der Waals surface area contributed by atoms with Crippen molar-refractivity contribution in [1.82, 2.24) is 15.0 Å². The van der Waals surface area contributed by atoms with E-state index in [9.17, 15) is 0 Å². The van der Waals surface area contributed by atoms with E-state index in [2.05, 4.69) is 57.3 Å². The Labute approximate surface area is 320 Å². The number of benzene rings is 1. The molecule has 0 aliphatic rings.